The van der Waals surface area contributed by atoms with Gasteiger partial charge in [0, 0.05) is 12.1 Å². The minimum Gasteiger partial charge on any atom is -0.478 e. The molecule has 0 aliphatic rings. The Morgan fingerprint density at radius 3 is 2.16 bits per heavy atom. The molecule has 0 bridgehead atoms. The Hall–Kier alpha value is -4.72. The van der Waals surface area contributed by atoms with Crippen molar-refractivity contribution in [1.82, 2.24) is 10.3 Å². The van der Waals surface area contributed by atoms with Crippen molar-refractivity contribution >= 4 is 23.9 Å². The third-order valence-corrected chi connectivity index (χ3v) is 6.87. The SMILES string of the molecule is C/C=C(/C(=O)NCc1ccc(OC(C)(C)C(=O)O)c(C)c1)N(CC(=O)c1ccccc1)/N=C/c1ccc(C(C)(C)C)cc1. The first-order valence-electron chi connectivity index (χ1n) is 14.2. The summed E-state index contributed by atoms with van der Waals surface area (Å²) in [6.45, 7) is 13.0. The molecule has 0 aliphatic carbocycles. The molecular formula is C35H41N3O5. The first-order valence-corrected chi connectivity index (χ1v) is 14.2. The molecule has 0 spiro atoms. The predicted molar refractivity (Wildman–Crippen MR) is 169 cm³/mol. The van der Waals surface area contributed by atoms with Gasteiger partial charge in [-0.3, -0.25) is 14.6 Å². The lowest BCUT2D eigenvalue weighted by atomic mass is 9.87. The molecule has 226 valence electrons. The molecule has 0 atom stereocenters. The van der Waals surface area contributed by atoms with Gasteiger partial charge in [0.05, 0.1) is 6.21 Å². The summed E-state index contributed by atoms with van der Waals surface area (Å²) in [6.07, 6.45) is 3.27. The Labute approximate surface area is 254 Å². The van der Waals surface area contributed by atoms with E-state index in [0.29, 0.717) is 11.3 Å². The summed E-state index contributed by atoms with van der Waals surface area (Å²) in [5.41, 5.74) is 2.96. The topological polar surface area (TPSA) is 108 Å². The number of nitrogens with one attached hydrogen (secondary N) is 1. The molecule has 8 heteroatoms. The second-order valence-corrected chi connectivity index (χ2v) is 11.8. The highest BCUT2D eigenvalue weighted by atomic mass is 16.5. The smallest absolute Gasteiger partial charge is 0.347 e. The van der Waals surface area contributed by atoms with Crippen LogP contribution in [0.1, 0.15) is 74.2 Å². The Bertz CT molecular complexity index is 1500. The second kappa shape index (κ2) is 14.0. The van der Waals surface area contributed by atoms with Crippen molar-refractivity contribution in [3.63, 3.8) is 0 Å². The van der Waals surface area contributed by atoms with Gasteiger partial charge in [0.25, 0.3) is 5.91 Å². The Balaban J connectivity index is 1.79. The van der Waals surface area contributed by atoms with Gasteiger partial charge in [-0.2, -0.15) is 5.10 Å². The zero-order chi connectivity index (χ0) is 31.8. The molecule has 1 amide bonds. The molecule has 43 heavy (non-hydrogen) atoms. The van der Waals surface area contributed by atoms with Crippen LogP contribution in [0.25, 0.3) is 0 Å². The Morgan fingerprint density at radius 1 is 0.953 bits per heavy atom. The van der Waals surface area contributed by atoms with E-state index in [1.54, 1.807) is 55.6 Å². The van der Waals surface area contributed by atoms with Crippen molar-refractivity contribution in [2.75, 3.05) is 6.54 Å². The van der Waals surface area contributed by atoms with Crippen molar-refractivity contribution in [3.8, 4) is 5.75 Å². The highest BCUT2D eigenvalue weighted by Crippen LogP contribution is 2.25. The van der Waals surface area contributed by atoms with Crippen LogP contribution in [0.2, 0.25) is 0 Å². The lowest BCUT2D eigenvalue weighted by molar-refractivity contribution is -0.152. The fourth-order valence-corrected chi connectivity index (χ4v) is 4.17. The molecule has 3 aromatic rings. The van der Waals surface area contributed by atoms with E-state index in [9.17, 15) is 19.5 Å². The number of amides is 1. The van der Waals surface area contributed by atoms with Crippen LogP contribution in [0.15, 0.2) is 89.7 Å². The zero-order valence-electron chi connectivity index (χ0n) is 26.0. The molecule has 0 unspecified atom stereocenters. The Kier molecular flexibility index (Phi) is 10.6. The van der Waals surface area contributed by atoms with Gasteiger partial charge in [-0.15, -0.1) is 0 Å². The van der Waals surface area contributed by atoms with E-state index in [1.807, 2.05) is 43.3 Å². The number of hydrazone groups is 1. The molecule has 3 aromatic carbocycles. The number of ketones is 1. The van der Waals surface area contributed by atoms with Crippen LogP contribution in [0.4, 0.5) is 0 Å². The van der Waals surface area contributed by atoms with Crippen LogP contribution in [0, 0.1) is 6.92 Å². The van der Waals surface area contributed by atoms with Gasteiger partial charge in [-0.1, -0.05) is 93.6 Å². The molecule has 0 saturated carbocycles. The quantitative estimate of drug-likeness (QED) is 0.113. The first-order chi connectivity index (χ1) is 20.2. The van der Waals surface area contributed by atoms with Gasteiger partial charge >= 0.3 is 5.97 Å². The molecule has 0 saturated heterocycles. The molecule has 3 rings (SSSR count). The number of carboxylic acids is 1. The third kappa shape index (κ3) is 9.13. The molecule has 8 nitrogen and oxygen atoms in total. The first kappa shape index (κ1) is 32.8. The highest BCUT2D eigenvalue weighted by Gasteiger charge is 2.30. The largest absolute Gasteiger partial charge is 0.478 e. The lowest BCUT2D eigenvalue weighted by Gasteiger charge is -2.23. The summed E-state index contributed by atoms with van der Waals surface area (Å²) < 4.78 is 5.67. The Morgan fingerprint density at radius 2 is 1.60 bits per heavy atom. The van der Waals surface area contributed by atoms with Crippen molar-refractivity contribution in [3.05, 3.63) is 112 Å². The van der Waals surface area contributed by atoms with Crippen LogP contribution in [-0.2, 0) is 21.5 Å². The molecule has 0 aromatic heterocycles. The normalized spacial score (nSPS) is 12.2. The van der Waals surface area contributed by atoms with Crippen LogP contribution in [0.3, 0.4) is 0 Å². The number of carboxylic acid groups (broad SMARTS) is 1. The number of hydrogen-bond donors (Lipinski definition) is 2. The third-order valence-electron chi connectivity index (χ3n) is 6.87. The fourth-order valence-electron chi connectivity index (χ4n) is 4.17. The summed E-state index contributed by atoms with van der Waals surface area (Å²) in [5.74, 6) is -1.19. The van der Waals surface area contributed by atoms with Crippen LogP contribution >= 0.6 is 0 Å². The molecule has 0 aliphatic heterocycles. The summed E-state index contributed by atoms with van der Waals surface area (Å²) in [4.78, 5) is 38.0. The van der Waals surface area contributed by atoms with E-state index in [2.05, 4.69) is 31.2 Å². The van der Waals surface area contributed by atoms with Crippen LogP contribution < -0.4 is 10.1 Å². The monoisotopic (exact) mass is 583 g/mol. The summed E-state index contributed by atoms with van der Waals surface area (Å²) in [6, 6.07) is 22.2. The van der Waals surface area contributed by atoms with Gasteiger partial charge in [-0.05, 0) is 61.4 Å². The second-order valence-electron chi connectivity index (χ2n) is 11.8. The number of Topliss-reactive ketones (excluding diaryl/α,β-unsaturated/α-hetero) is 1. The minimum absolute atomic E-state index is 0.0148. The molecule has 0 heterocycles. The average Bonchev–Trinajstić information content (AvgIpc) is 2.96. The van der Waals surface area contributed by atoms with Crippen molar-refractivity contribution in [2.45, 2.75) is 66.0 Å². The van der Waals surface area contributed by atoms with Crippen molar-refractivity contribution < 1.29 is 24.2 Å². The van der Waals surface area contributed by atoms with Crippen LogP contribution in [-0.4, -0.2) is 46.1 Å². The maximum absolute atomic E-state index is 13.4. The number of ether oxygens (including phenoxy) is 1. The van der Waals surface area contributed by atoms with E-state index in [-0.39, 0.29) is 30.0 Å². The number of allylic oxidation sites excluding steroid dienone is 1. The maximum Gasteiger partial charge on any atom is 0.347 e. The highest BCUT2D eigenvalue weighted by molar-refractivity contribution is 5.99. The molecule has 0 fully saturated rings. The van der Waals surface area contributed by atoms with Crippen molar-refractivity contribution in [1.29, 1.82) is 0 Å². The molecule has 0 radical (unpaired) electrons. The van der Waals surface area contributed by atoms with E-state index < -0.39 is 17.5 Å². The summed E-state index contributed by atoms with van der Waals surface area (Å²) in [5, 5.41) is 18.3. The lowest BCUT2D eigenvalue weighted by Crippen LogP contribution is -2.38. The number of hydrogen-bond acceptors (Lipinski definition) is 6. The zero-order valence-corrected chi connectivity index (χ0v) is 26.0. The van der Waals surface area contributed by atoms with Gasteiger partial charge in [0.1, 0.15) is 18.0 Å². The summed E-state index contributed by atoms with van der Waals surface area (Å²) in [7, 11) is 0. The number of benzene rings is 3. The van der Waals surface area contributed by atoms with E-state index in [4.69, 9.17) is 4.74 Å². The van der Waals surface area contributed by atoms with Gasteiger partial charge < -0.3 is 15.2 Å². The number of aryl methyl sites for hydroxylation is 1. The minimum atomic E-state index is -1.38. The number of aliphatic carboxylic acids is 1. The van der Waals surface area contributed by atoms with E-state index in [1.165, 1.54) is 24.4 Å². The molecule has 2 N–H and O–H groups in total. The average molecular weight is 584 g/mol. The standard InChI is InChI=1S/C35H41N3O5/c1-8-29(32(40)36-21-26-16-19-31(24(2)20-26)43-35(6,7)33(41)42)38(23-30(39)27-12-10-9-11-13-27)37-22-25-14-17-28(18-15-25)34(3,4)5/h8-20,22H,21,23H2,1-7H3,(H,36,40)(H,41,42)/b29-8-,37-22+. The van der Waals surface area contributed by atoms with Gasteiger partial charge in [0.15, 0.2) is 11.4 Å². The predicted octanol–water partition coefficient (Wildman–Crippen LogP) is 6.27. The number of carbonyl (C=O) groups is 3. The number of rotatable bonds is 12. The van der Waals surface area contributed by atoms with Crippen LogP contribution in [0.5, 0.6) is 5.75 Å². The number of carbonyl (C=O) groups excluding carboxylic acids is 2. The van der Waals surface area contributed by atoms with Gasteiger partial charge in [0.2, 0.25) is 0 Å². The maximum atomic E-state index is 13.4. The summed E-state index contributed by atoms with van der Waals surface area (Å²) >= 11 is 0. The van der Waals surface area contributed by atoms with E-state index >= 15 is 0 Å². The number of nitrogens with zero attached hydrogens (tertiary/aromatic N) is 2. The van der Waals surface area contributed by atoms with Crippen molar-refractivity contribution in [2.24, 2.45) is 5.10 Å². The molecular weight excluding hydrogens is 542 g/mol. The van der Waals surface area contributed by atoms with E-state index in [0.717, 1.165) is 16.7 Å². The fraction of sp³-hybridized carbons (Fsp3) is 0.314. The van der Waals surface area contributed by atoms with Gasteiger partial charge in [-0.25, -0.2) is 4.79 Å².